The Kier molecular flexibility index (Phi) is 10.3. The Hall–Kier alpha value is -2.55. The molecule has 2 aliphatic rings. The third-order valence-electron chi connectivity index (χ3n) is 4.60. The predicted octanol–water partition coefficient (Wildman–Crippen LogP) is -5.72. The molecule has 168 valence electrons. The second-order valence-electron chi connectivity index (χ2n) is 6.54. The van der Waals surface area contributed by atoms with E-state index in [1.165, 1.54) is 0 Å². The Morgan fingerprint density at radius 1 is 0.645 bits per heavy atom. The molecule has 0 aromatic carbocycles. The number of rotatable bonds is 2. The first-order valence-corrected chi connectivity index (χ1v) is 8.34. The van der Waals surface area contributed by atoms with Gasteiger partial charge in [-0.3, -0.25) is 30.2 Å². The Morgan fingerprint density at radius 3 is 1.16 bits per heavy atom. The normalized spacial score (nSPS) is 23.3. The third kappa shape index (κ3) is 5.78. The summed E-state index contributed by atoms with van der Waals surface area (Å²) in [5.41, 5.74) is -0.508. The average Bonchev–Trinajstić information content (AvgIpc) is 3.11. The molecule has 0 aliphatic carbocycles. The van der Waals surface area contributed by atoms with E-state index in [0.717, 1.165) is 11.1 Å². The van der Waals surface area contributed by atoms with Gasteiger partial charge in [0.1, 0.15) is 11.1 Å². The number of hydrogen-bond acceptors (Lipinski definition) is 6. The number of hydrogen-bond donors (Lipinski definition) is 4. The van der Waals surface area contributed by atoms with Crippen molar-refractivity contribution in [3.63, 3.8) is 0 Å². The van der Waals surface area contributed by atoms with E-state index in [1.807, 2.05) is 0 Å². The number of carbonyl (C=O) groups is 4. The number of imide groups is 2. The topological polar surface area (TPSA) is 142 Å². The van der Waals surface area contributed by atoms with E-state index in [4.69, 9.17) is 0 Å². The zero-order chi connectivity index (χ0) is 20.4. The molecule has 0 bridgehead atoms. The van der Waals surface area contributed by atoms with Crippen LogP contribution in [0, 0.1) is 0 Å². The Bertz CT molecular complexity index is 875. The van der Waals surface area contributed by atoms with Gasteiger partial charge in [0.05, 0.1) is 0 Å². The largest absolute Gasteiger partial charge is 2.00 e. The first kappa shape index (κ1) is 28.4. The molecule has 10 nitrogen and oxygen atoms in total. The summed E-state index contributed by atoms with van der Waals surface area (Å²) in [6, 6.07) is 5.87. The molecule has 4 N–H and O–H groups in total. The van der Waals surface area contributed by atoms with Crippen molar-refractivity contribution >= 4 is 23.9 Å². The first-order valence-electron chi connectivity index (χ1n) is 8.34. The Labute approximate surface area is 204 Å². The van der Waals surface area contributed by atoms with Gasteiger partial charge in [-0.15, -0.1) is 0 Å². The molecule has 2 fully saturated rings. The van der Waals surface area contributed by atoms with Crippen LogP contribution in [0.3, 0.4) is 0 Å². The van der Waals surface area contributed by atoms with Gasteiger partial charge in [-0.25, -0.2) is 9.59 Å². The van der Waals surface area contributed by atoms with E-state index in [2.05, 4.69) is 31.2 Å². The number of halogens is 2. The van der Waals surface area contributed by atoms with Gasteiger partial charge in [-0.2, -0.15) is 0 Å². The number of nitrogens with zero attached hydrogens (tertiary/aromatic N) is 2. The van der Waals surface area contributed by atoms with Crippen LogP contribution in [0.15, 0.2) is 49.1 Å². The van der Waals surface area contributed by atoms with Gasteiger partial charge >= 0.3 is 33.1 Å². The van der Waals surface area contributed by atoms with Crippen molar-refractivity contribution in [3.8, 4) is 0 Å². The Balaban J connectivity index is 0.000000529. The second kappa shape index (κ2) is 11.2. The van der Waals surface area contributed by atoms with E-state index >= 15 is 0 Å². The van der Waals surface area contributed by atoms with E-state index in [9.17, 15) is 19.2 Å². The van der Waals surface area contributed by atoms with Crippen molar-refractivity contribution in [3.05, 3.63) is 60.2 Å². The average molecular weight is 648 g/mol. The van der Waals surface area contributed by atoms with Crippen molar-refractivity contribution in [2.45, 2.75) is 24.9 Å². The number of amides is 6. The monoisotopic (exact) mass is 647 g/mol. The third-order valence-corrected chi connectivity index (χ3v) is 4.60. The van der Waals surface area contributed by atoms with E-state index in [0.29, 0.717) is 0 Å². The molecule has 2 aromatic heterocycles. The molecule has 2 saturated heterocycles. The molecule has 0 radical (unpaired) electrons. The minimum atomic E-state index is -0.972. The summed E-state index contributed by atoms with van der Waals surface area (Å²) in [7, 11) is 0. The van der Waals surface area contributed by atoms with E-state index in [-0.39, 0.29) is 57.7 Å². The van der Waals surface area contributed by atoms with Crippen molar-refractivity contribution < 1.29 is 65.1 Å². The zero-order valence-electron chi connectivity index (χ0n) is 16.2. The summed E-state index contributed by atoms with van der Waals surface area (Å²) in [5.74, 6) is -0.678. The van der Waals surface area contributed by atoms with Gasteiger partial charge in [-0.05, 0) is 49.2 Å². The van der Waals surface area contributed by atoms with Crippen LogP contribution in [-0.4, -0.2) is 33.8 Å². The van der Waals surface area contributed by atoms with Crippen LogP contribution >= 0.6 is 0 Å². The molecular weight excluding hydrogens is 630 g/mol. The summed E-state index contributed by atoms with van der Waals surface area (Å²) in [6.45, 7) is 3.31. The van der Waals surface area contributed by atoms with Gasteiger partial charge in [0.15, 0.2) is 0 Å². The van der Waals surface area contributed by atoms with Crippen LogP contribution in [0.5, 0.6) is 0 Å². The molecule has 13 heteroatoms. The summed E-state index contributed by atoms with van der Waals surface area (Å²) >= 11 is 0. The van der Waals surface area contributed by atoms with Crippen LogP contribution in [-0.2, 0) is 41.7 Å². The van der Waals surface area contributed by atoms with E-state index in [1.54, 1.807) is 62.9 Å². The maximum absolute atomic E-state index is 11.5. The fourth-order valence-corrected chi connectivity index (χ4v) is 2.86. The molecule has 2 unspecified atom stereocenters. The molecule has 2 atom stereocenters. The van der Waals surface area contributed by atoms with Gasteiger partial charge in [-0.1, -0.05) is 0 Å². The summed E-state index contributed by atoms with van der Waals surface area (Å²) in [6.07, 6.45) is 6.33. The molecular formula is C18H18Cl2N6O4Pt. The van der Waals surface area contributed by atoms with Crippen LogP contribution < -0.4 is 46.1 Å². The number of urea groups is 2. The van der Waals surface area contributed by atoms with Gasteiger partial charge in [0.25, 0.3) is 11.8 Å². The van der Waals surface area contributed by atoms with Crippen LogP contribution in [0.4, 0.5) is 9.59 Å². The van der Waals surface area contributed by atoms with Gasteiger partial charge in [0.2, 0.25) is 0 Å². The van der Waals surface area contributed by atoms with Gasteiger partial charge in [0, 0.05) is 24.8 Å². The zero-order valence-corrected chi connectivity index (χ0v) is 20.0. The maximum Gasteiger partial charge on any atom is 2.00 e. The van der Waals surface area contributed by atoms with Crippen molar-refractivity contribution in [2.75, 3.05) is 0 Å². The second-order valence-corrected chi connectivity index (χ2v) is 6.54. The van der Waals surface area contributed by atoms with Crippen LogP contribution in [0.2, 0.25) is 0 Å². The summed E-state index contributed by atoms with van der Waals surface area (Å²) in [4.78, 5) is 52.6. The first-order chi connectivity index (χ1) is 13.3. The molecule has 2 aliphatic heterocycles. The van der Waals surface area contributed by atoms with E-state index < -0.39 is 23.1 Å². The summed E-state index contributed by atoms with van der Waals surface area (Å²) < 4.78 is 0. The number of aromatic nitrogens is 2. The molecule has 4 heterocycles. The maximum atomic E-state index is 11.5. The fraction of sp³-hybridized carbons (Fsp3) is 0.222. The number of nitrogens with one attached hydrogen (secondary N) is 4. The van der Waals surface area contributed by atoms with Crippen molar-refractivity contribution in [2.24, 2.45) is 0 Å². The van der Waals surface area contributed by atoms with Crippen LogP contribution in [0.25, 0.3) is 0 Å². The quantitative estimate of drug-likeness (QED) is 0.240. The molecule has 0 spiro atoms. The Morgan fingerprint density at radius 2 is 0.935 bits per heavy atom. The van der Waals surface area contributed by atoms with Crippen LogP contribution in [0.1, 0.15) is 25.0 Å². The molecule has 0 saturated carbocycles. The molecule has 6 amide bonds. The minimum absolute atomic E-state index is 0. The molecule has 31 heavy (non-hydrogen) atoms. The number of carbonyl (C=O) groups excluding carboxylic acids is 4. The standard InChI is InChI=1S/2C9H9N3O2.2ClH.Pt/c2*1-9(6-2-4-10-5-3-6)7(13)11-8(14)12-9;;;/h2*2-5H,1H3,(H2,11,12,13,14);2*1H;/q;;;;+2/p-2. The summed E-state index contributed by atoms with van der Waals surface area (Å²) in [5, 5.41) is 9.53. The smallest absolute Gasteiger partial charge is 1.00 e. The van der Waals surface area contributed by atoms with Crippen molar-refractivity contribution in [1.29, 1.82) is 0 Å². The number of pyridine rings is 2. The van der Waals surface area contributed by atoms with Crippen molar-refractivity contribution in [1.82, 2.24) is 31.2 Å². The van der Waals surface area contributed by atoms with Gasteiger partial charge < -0.3 is 35.4 Å². The molecule has 2 aromatic rings. The predicted molar refractivity (Wildman–Crippen MR) is 96.5 cm³/mol. The fourth-order valence-electron chi connectivity index (χ4n) is 2.86. The SMILES string of the molecule is CC1(c2ccncc2)NC(=O)NC1=O.CC1(c2ccncc2)NC(=O)NC1=O.[Cl-].[Cl-].[Pt+2]. The molecule has 4 rings (SSSR count). The minimum Gasteiger partial charge on any atom is -1.00 e.